The highest BCUT2D eigenvalue weighted by atomic mass is 16.3. The molecule has 1 aromatic rings. The van der Waals surface area contributed by atoms with Gasteiger partial charge in [0.05, 0.1) is 17.7 Å². The Bertz CT molecular complexity index is 411. The number of aliphatic hydroxyl groups excluding tert-OH is 1. The van der Waals surface area contributed by atoms with E-state index in [2.05, 4.69) is 5.32 Å². The summed E-state index contributed by atoms with van der Waals surface area (Å²) in [5.74, 6) is 0. The van der Waals surface area contributed by atoms with Crippen molar-refractivity contribution in [3.63, 3.8) is 0 Å². The van der Waals surface area contributed by atoms with E-state index in [-0.39, 0.29) is 12.1 Å². The van der Waals surface area contributed by atoms with Gasteiger partial charge in [0, 0.05) is 11.4 Å². The quantitative estimate of drug-likeness (QED) is 0.680. The molecular weight excluding hydrogens is 214 g/mol. The minimum Gasteiger partial charge on any atom is -0.398 e. The van der Waals surface area contributed by atoms with Crippen LogP contribution >= 0.6 is 0 Å². The second kappa shape index (κ2) is 5.55. The lowest BCUT2D eigenvalue weighted by Gasteiger charge is -2.32. The van der Waals surface area contributed by atoms with Crippen molar-refractivity contribution in [3.8, 4) is 6.07 Å². The molecule has 0 atom stereocenters. The molecule has 0 aliphatic heterocycles. The van der Waals surface area contributed by atoms with Gasteiger partial charge in [-0.25, -0.2) is 0 Å². The van der Waals surface area contributed by atoms with Gasteiger partial charge in [0.25, 0.3) is 0 Å². The molecule has 0 aromatic heterocycles. The van der Waals surface area contributed by atoms with Crippen LogP contribution in [0.15, 0.2) is 18.2 Å². The number of rotatable bonds is 5. The lowest BCUT2D eigenvalue weighted by molar-refractivity contribution is 0.202. The van der Waals surface area contributed by atoms with E-state index in [0.29, 0.717) is 11.3 Å². The summed E-state index contributed by atoms with van der Waals surface area (Å²) in [6, 6.07) is 7.29. The van der Waals surface area contributed by atoms with Crippen LogP contribution in [0.25, 0.3) is 0 Å². The van der Waals surface area contributed by atoms with Crippen molar-refractivity contribution in [3.05, 3.63) is 23.8 Å². The van der Waals surface area contributed by atoms with Gasteiger partial charge in [-0.15, -0.1) is 0 Å². The van der Waals surface area contributed by atoms with Crippen LogP contribution in [0.2, 0.25) is 0 Å². The monoisotopic (exact) mass is 233 g/mol. The molecule has 4 N–H and O–H groups in total. The molecule has 0 fully saturated rings. The molecule has 0 bridgehead atoms. The molecule has 0 aliphatic carbocycles. The van der Waals surface area contributed by atoms with Crippen LogP contribution in [0, 0.1) is 11.3 Å². The largest absolute Gasteiger partial charge is 0.398 e. The molecule has 1 aromatic carbocycles. The molecule has 0 heterocycles. The van der Waals surface area contributed by atoms with Crippen molar-refractivity contribution in [1.29, 1.82) is 5.26 Å². The molecule has 17 heavy (non-hydrogen) atoms. The van der Waals surface area contributed by atoms with E-state index >= 15 is 0 Å². The summed E-state index contributed by atoms with van der Waals surface area (Å²) in [4.78, 5) is 0. The topological polar surface area (TPSA) is 82.1 Å². The highest BCUT2D eigenvalue weighted by Crippen LogP contribution is 2.24. The van der Waals surface area contributed by atoms with Crippen molar-refractivity contribution >= 4 is 11.4 Å². The number of anilines is 2. The van der Waals surface area contributed by atoms with Crippen LogP contribution in [0.4, 0.5) is 11.4 Å². The standard InChI is InChI=1S/C13H19N3O/c1-3-13(4-2,9-17)16-11-5-6-12(15)10(7-11)8-14/h5-7,16-17H,3-4,9,15H2,1-2H3. The molecular formula is C13H19N3O. The highest BCUT2D eigenvalue weighted by Gasteiger charge is 2.24. The Hall–Kier alpha value is -1.73. The normalized spacial score (nSPS) is 10.9. The maximum absolute atomic E-state index is 9.47. The van der Waals surface area contributed by atoms with Crippen LogP contribution < -0.4 is 11.1 Å². The number of nitrogens with one attached hydrogen (secondary N) is 1. The Morgan fingerprint density at radius 3 is 2.53 bits per heavy atom. The maximum Gasteiger partial charge on any atom is 0.101 e. The zero-order chi connectivity index (χ0) is 12.9. The molecule has 0 saturated heterocycles. The second-order valence-corrected chi connectivity index (χ2v) is 4.18. The summed E-state index contributed by atoms with van der Waals surface area (Å²) in [6.07, 6.45) is 1.62. The molecule has 4 nitrogen and oxygen atoms in total. The lowest BCUT2D eigenvalue weighted by Crippen LogP contribution is -2.40. The number of aliphatic hydroxyl groups is 1. The SMILES string of the molecule is CCC(CC)(CO)Nc1ccc(N)c(C#N)c1. The summed E-state index contributed by atoms with van der Waals surface area (Å²) in [5, 5.41) is 21.7. The van der Waals surface area contributed by atoms with Crippen molar-refractivity contribution in [2.45, 2.75) is 32.2 Å². The summed E-state index contributed by atoms with van der Waals surface area (Å²) < 4.78 is 0. The van der Waals surface area contributed by atoms with Gasteiger partial charge in [0.15, 0.2) is 0 Å². The Balaban J connectivity index is 2.99. The van der Waals surface area contributed by atoms with E-state index in [1.54, 1.807) is 12.1 Å². The molecule has 92 valence electrons. The summed E-state index contributed by atoms with van der Waals surface area (Å²) in [7, 11) is 0. The molecule has 0 saturated carbocycles. The number of nitrogen functional groups attached to an aromatic ring is 1. The van der Waals surface area contributed by atoms with Gasteiger partial charge in [-0.1, -0.05) is 13.8 Å². The van der Waals surface area contributed by atoms with Crippen LogP contribution in [-0.4, -0.2) is 17.3 Å². The Labute approximate surface area is 102 Å². The lowest BCUT2D eigenvalue weighted by atomic mass is 9.93. The fraction of sp³-hybridized carbons (Fsp3) is 0.462. The molecule has 0 radical (unpaired) electrons. The second-order valence-electron chi connectivity index (χ2n) is 4.18. The van der Waals surface area contributed by atoms with Gasteiger partial charge in [0.1, 0.15) is 6.07 Å². The zero-order valence-corrected chi connectivity index (χ0v) is 10.3. The summed E-state index contributed by atoms with van der Waals surface area (Å²) >= 11 is 0. The summed E-state index contributed by atoms with van der Waals surface area (Å²) in [6.45, 7) is 4.11. The van der Waals surface area contributed by atoms with E-state index in [1.807, 2.05) is 26.0 Å². The van der Waals surface area contributed by atoms with E-state index in [4.69, 9.17) is 11.0 Å². The highest BCUT2D eigenvalue weighted by molar-refractivity contribution is 5.62. The molecule has 0 amide bonds. The Morgan fingerprint density at radius 2 is 2.06 bits per heavy atom. The fourth-order valence-electron chi connectivity index (χ4n) is 1.73. The van der Waals surface area contributed by atoms with Crippen molar-refractivity contribution in [1.82, 2.24) is 0 Å². The number of nitrogens with zero attached hydrogens (tertiary/aromatic N) is 1. The fourth-order valence-corrected chi connectivity index (χ4v) is 1.73. The average molecular weight is 233 g/mol. The smallest absolute Gasteiger partial charge is 0.101 e. The van der Waals surface area contributed by atoms with Crippen LogP contribution in [0.3, 0.4) is 0 Å². The molecule has 0 aliphatic rings. The first kappa shape index (κ1) is 13.3. The van der Waals surface area contributed by atoms with Gasteiger partial charge >= 0.3 is 0 Å². The van der Waals surface area contributed by atoms with Gasteiger partial charge in [0.2, 0.25) is 0 Å². The third-order valence-corrected chi connectivity index (χ3v) is 3.24. The van der Waals surface area contributed by atoms with Crippen LogP contribution in [0.5, 0.6) is 0 Å². The minimum atomic E-state index is -0.331. The zero-order valence-electron chi connectivity index (χ0n) is 10.3. The number of hydrogen-bond acceptors (Lipinski definition) is 4. The molecule has 1 rings (SSSR count). The van der Waals surface area contributed by atoms with E-state index in [1.165, 1.54) is 0 Å². The predicted octanol–water partition coefficient (Wildman–Crippen LogP) is 2.10. The average Bonchev–Trinajstić information content (AvgIpc) is 2.38. The van der Waals surface area contributed by atoms with E-state index < -0.39 is 0 Å². The molecule has 0 spiro atoms. The third-order valence-electron chi connectivity index (χ3n) is 3.24. The number of nitriles is 1. The number of benzene rings is 1. The first-order chi connectivity index (χ1) is 8.10. The molecule has 4 heteroatoms. The Kier molecular flexibility index (Phi) is 4.36. The molecule has 0 unspecified atom stereocenters. The minimum absolute atomic E-state index is 0.0618. The van der Waals surface area contributed by atoms with Gasteiger partial charge in [-0.05, 0) is 31.0 Å². The predicted molar refractivity (Wildman–Crippen MR) is 69.6 cm³/mol. The van der Waals surface area contributed by atoms with Gasteiger partial charge in [-0.3, -0.25) is 0 Å². The first-order valence-electron chi connectivity index (χ1n) is 5.79. The maximum atomic E-state index is 9.47. The Morgan fingerprint density at radius 1 is 1.41 bits per heavy atom. The van der Waals surface area contributed by atoms with Crippen molar-refractivity contribution in [2.75, 3.05) is 17.7 Å². The summed E-state index contributed by atoms with van der Waals surface area (Å²) in [5.41, 5.74) is 7.07. The van der Waals surface area contributed by atoms with Gasteiger partial charge in [-0.2, -0.15) is 5.26 Å². The first-order valence-corrected chi connectivity index (χ1v) is 5.79. The van der Waals surface area contributed by atoms with Crippen molar-refractivity contribution in [2.24, 2.45) is 0 Å². The number of hydrogen-bond donors (Lipinski definition) is 3. The van der Waals surface area contributed by atoms with Crippen LogP contribution in [-0.2, 0) is 0 Å². The van der Waals surface area contributed by atoms with Crippen molar-refractivity contribution < 1.29 is 5.11 Å². The third kappa shape index (κ3) is 2.89. The number of nitrogens with two attached hydrogens (primary N) is 1. The van der Waals surface area contributed by atoms with E-state index in [0.717, 1.165) is 18.5 Å². The van der Waals surface area contributed by atoms with Gasteiger partial charge < -0.3 is 16.2 Å². The van der Waals surface area contributed by atoms with E-state index in [9.17, 15) is 5.11 Å². The van der Waals surface area contributed by atoms with Crippen LogP contribution in [0.1, 0.15) is 32.3 Å².